The third-order valence-corrected chi connectivity index (χ3v) is 7.34. The first-order chi connectivity index (χ1) is 17.2. The zero-order valence-corrected chi connectivity index (χ0v) is 22.7. The highest BCUT2D eigenvalue weighted by molar-refractivity contribution is 9.10. The smallest absolute Gasteiger partial charge is 0.293 e. The van der Waals surface area contributed by atoms with Gasteiger partial charge in [-0.15, -0.1) is 0 Å². The first kappa shape index (κ1) is 26.0. The maximum atomic E-state index is 13.0. The maximum absolute atomic E-state index is 13.0. The minimum atomic E-state index is -0.367. The molecule has 0 aliphatic carbocycles. The van der Waals surface area contributed by atoms with E-state index in [1.807, 2.05) is 44.2 Å². The molecule has 0 aromatic heterocycles. The van der Waals surface area contributed by atoms with Crippen molar-refractivity contribution in [3.8, 4) is 5.75 Å². The van der Waals surface area contributed by atoms with E-state index in [2.05, 4.69) is 21.2 Å². The van der Waals surface area contributed by atoms with Crippen molar-refractivity contribution in [2.75, 3.05) is 11.9 Å². The number of amides is 3. The predicted octanol–water partition coefficient (Wildman–Crippen LogP) is 6.97. The van der Waals surface area contributed by atoms with Crippen LogP contribution in [0.25, 0.3) is 6.08 Å². The molecule has 3 amide bonds. The van der Waals surface area contributed by atoms with E-state index >= 15 is 0 Å². The summed E-state index contributed by atoms with van der Waals surface area (Å²) in [6, 6.07) is 18.1. The number of benzene rings is 3. The zero-order chi connectivity index (χ0) is 25.8. The van der Waals surface area contributed by atoms with Gasteiger partial charge in [-0.2, -0.15) is 0 Å². The number of imide groups is 1. The van der Waals surface area contributed by atoms with Crippen LogP contribution in [-0.2, 0) is 16.1 Å². The van der Waals surface area contributed by atoms with Gasteiger partial charge in [-0.3, -0.25) is 19.3 Å². The largest absolute Gasteiger partial charge is 0.483 e. The van der Waals surface area contributed by atoms with E-state index in [9.17, 15) is 14.4 Å². The maximum Gasteiger partial charge on any atom is 0.293 e. The van der Waals surface area contributed by atoms with Gasteiger partial charge >= 0.3 is 0 Å². The molecule has 0 saturated carbocycles. The number of hydrogen-bond acceptors (Lipinski definition) is 5. The van der Waals surface area contributed by atoms with Crippen LogP contribution in [0, 0.1) is 13.8 Å². The van der Waals surface area contributed by atoms with E-state index in [0.717, 1.165) is 32.9 Å². The molecule has 1 fully saturated rings. The van der Waals surface area contributed by atoms with Gasteiger partial charge in [-0.1, -0.05) is 57.9 Å². The molecule has 184 valence electrons. The average molecular weight is 586 g/mol. The van der Waals surface area contributed by atoms with Crippen LogP contribution in [0.1, 0.15) is 22.3 Å². The van der Waals surface area contributed by atoms with E-state index in [1.54, 1.807) is 36.4 Å². The van der Waals surface area contributed by atoms with Gasteiger partial charge in [-0.25, -0.2) is 0 Å². The first-order valence-corrected chi connectivity index (χ1v) is 13.0. The molecule has 1 N–H and O–H groups in total. The fourth-order valence-corrected chi connectivity index (χ4v) is 4.90. The molecular formula is C27H22BrClN2O4S. The Morgan fingerprint density at radius 2 is 1.86 bits per heavy atom. The summed E-state index contributed by atoms with van der Waals surface area (Å²) in [5.74, 6) is -0.323. The van der Waals surface area contributed by atoms with Gasteiger partial charge in [0.15, 0.2) is 6.61 Å². The number of nitrogens with zero attached hydrogens (tertiary/aromatic N) is 1. The topological polar surface area (TPSA) is 75.7 Å². The molecule has 0 unspecified atom stereocenters. The predicted molar refractivity (Wildman–Crippen MR) is 147 cm³/mol. The molecule has 3 aromatic carbocycles. The van der Waals surface area contributed by atoms with Gasteiger partial charge in [-0.05, 0) is 78.7 Å². The number of nitrogens with one attached hydrogen (secondary N) is 1. The van der Waals surface area contributed by atoms with Crippen LogP contribution in [0.4, 0.5) is 10.5 Å². The molecule has 36 heavy (non-hydrogen) atoms. The zero-order valence-electron chi connectivity index (χ0n) is 19.5. The number of carbonyl (C=O) groups is 3. The summed E-state index contributed by atoms with van der Waals surface area (Å²) in [5.41, 5.74) is 3.96. The molecule has 9 heteroatoms. The monoisotopic (exact) mass is 584 g/mol. The quantitative estimate of drug-likeness (QED) is 0.303. The van der Waals surface area contributed by atoms with E-state index in [1.165, 1.54) is 4.90 Å². The molecule has 1 aliphatic rings. The highest BCUT2D eigenvalue weighted by atomic mass is 79.9. The Hall–Kier alpha value is -3.07. The molecule has 3 aromatic rings. The second-order valence-corrected chi connectivity index (χ2v) is 10.5. The van der Waals surface area contributed by atoms with Crippen molar-refractivity contribution in [3.63, 3.8) is 0 Å². The number of rotatable bonds is 7. The number of thioether (sulfide) groups is 1. The molecule has 0 atom stereocenters. The standard InChI is InChI=1S/C27H22BrClN2O4S/c1-16-5-3-4-6-18(16)14-31-26(33)24(36-27(31)34)12-19-11-20(28)8-10-23(19)35-15-25(32)30-21-9-7-17(2)22(29)13-21/h3-13H,14-15H2,1-2H3,(H,30,32)/b24-12-. The highest BCUT2D eigenvalue weighted by Gasteiger charge is 2.35. The van der Waals surface area contributed by atoms with Crippen molar-refractivity contribution in [1.29, 1.82) is 0 Å². The van der Waals surface area contributed by atoms with Crippen molar-refractivity contribution >= 4 is 68.1 Å². The Morgan fingerprint density at radius 1 is 1.08 bits per heavy atom. The minimum Gasteiger partial charge on any atom is -0.483 e. The number of carbonyl (C=O) groups excluding carboxylic acids is 3. The number of ether oxygens (including phenoxy) is 1. The minimum absolute atomic E-state index is 0.208. The normalized spacial score (nSPS) is 14.4. The SMILES string of the molecule is Cc1ccc(NC(=O)COc2ccc(Br)cc2/C=C2\SC(=O)N(Cc3ccccc3C)C2=O)cc1Cl. The van der Waals surface area contributed by atoms with E-state index in [4.69, 9.17) is 16.3 Å². The molecule has 6 nitrogen and oxygen atoms in total. The molecule has 0 radical (unpaired) electrons. The summed E-state index contributed by atoms with van der Waals surface area (Å²) < 4.78 is 6.52. The van der Waals surface area contributed by atoms with Crippen LogP contribution in [0.15, 0.2) is 70.0 Å². The fourth-order valence-electron chi connectivity index (χ4n) is 3.51. The summed E-state index contributed by atoms with van der Waals surface area (Å²) in [4.78, 5) is 39.6. The lowest BCUT2D eigenvalue weighted by atomic mass is 10.1. The fraction of sp³-hybridized carbons (Fsp3) is 0.148. The summed E-state index contributed by atoms with van der Waals surface area (Å²) in [5, 5.41) is 2.97. The van der Waals surface area contributed by atoms with E-state index in [-0.39, 0.29) is 35.1 Å². The van der Waals surface area contributed by atoms with Gasteiger partial charge in [0.25, 0.3) is 17.1 Å². The molecule has 4 rings (SSSR count). The van der Waals surface area contributed by atoms with Crippen LogP contribution in [0.5, 0.6) is 5.75 Å². The molecular weight excluding hydrogens is 564 g/mol. The third kappa shape index (κ3) is 6.19. The van der Waals surface area contributed by atoms with Gasteiger partial charge in [0.05, 0.1) is 11.4 Å². The third-order valence-electron chi connectivity index (χ3n) is 5.54. The van der Waals surface area contributed by atoms with Gasteiger partial charge in [0, 0.05) is 20.7 Å². The van der Waals surface area contributed by atoms with Gasteiger partial charge in [0.1, 0.15) is 5.75 Å². The Labute approximate surface area is 226 Å². The second kappa shape index (κ2) is 11.3. The van der Waals surface area contributed by atoms with Crippen LogP contribution in [-0.4, -0.2) is 28.6 Å². The Morgan fingerprint density at radius 3 is 2.61 bits per heavy atom. The Bertz CT molecular complexity index is 1390. The van der Waals surface area contributed by atoms with Crippen LogP contribution >= 0.6 is 39.3 Å². The van der Waals surface area contributed by atoms with Crippen LogP contribution in [0.2, 0.25) is 5.02 Å². The molecule has 1 saturated heterocycles. The van der Waals surface area contributed by atoms with Crippen molar-refractivity contribution in [2.45, 2.75) is 20.4 Å². The number of hydrogen-bond donors (Lipinski definition) is 1. The lowest BCUT2D eigenvalue weighted by Gasteiger charge is -2.14. The van der Waals surface area contributed by atoms with Crippen LogP contribution in [0.3, 0.4) is 0 Å². The van der Waals surface area contributed by atoms with E-state index < -0.39 is 0 Å². The number of anilines is 1. The summed E-state index contributed by atoms with van der Waals surface area (Å²) in [7, 11) is 0. The molecule has 0 spiro atoms. The van der Waals surface area contributed by atoms with E-state index in [0.29, 0.717) is 22.0 Å². The number of aryl methyl sites for hydroxylation is 2. The Kier molecular flexibility index (Phi) is 8.18. The van der Waals surface area contributed by atoms with Gasteiger partial charge < -0.3 is 10.1 Å². The lowest BCUT2D eigenvalue weighted by molar-refractivity contribution is -0.123. The average Bonchev–Trinajstić information content (AvgIpc) is 3.09. The first-order valence-electron chi connectivity index (χ1n) is 11.0. The van der Waals surface area contributed by atoms with Crippen molar-refractivity contribution in [1.82, 2.24) is 4.90 Å². The summed E-state index contributed by atoms with van der Waals surface area (Å²) in [6.45, 7) is 3.78. The van der Waals surface area contributed by atoms with Crippen molar-refractivity contribution in [2.24, 2.45) is 0 Å². The highest BCUT2D eigenvalue weighted by Crippen LogP contribution is 2.36. The molecule has 1 aliphatic heterocycles. The molecule has 1 heterocycles. The number of halogens is 2. The second-order valence-electron chi connectivity index (χ2n) is 8.18. The summed E-state index contributed by atoms with van der Waals surface area (Å²) >= 11 is 10.4. The Balaban J connectivity index is 1.48. The van der Waals surface area contributed by atoms with Crippen molar-refractivity contribution in [3.05, 3.63) is 97.3 Å². The lowest BCUT2D eigenvalue weighted by Crippen LogP contribution is -2.27. The molecule has 0 bridgehead atoms. The van der Waals surface area contributed by atoms with Crippen LogP contribution < -0.4 is 10.1 Å². The summed E-state index contributed by atoms with van der Waals surface area (Å²) in [6.07, 6.45) is 1.61. The van der Waals surface area contributed by atoms with Crippen molar-refractivity contribution < 1.29 is 19.1 Å². The van der Waals surface area contributed by atoms with Gasteiger partial charge in [0.2, 0.25) is 0 Å².